The molecule has 0 radical (unpaired) electrons. The topological polar surface area (TPSA) is 58.9 Å². The lowest BCUT2D eigenvalue weighted by Gasteiger charge is -1.88. The second-order valence-corrected chi connectivity index (χ2v) is 1.30. The summed E-state index contributed by atoms with van der Waals surface area (Å²) in [7, 11) is 0. The van der Waals surface area contributed by atoms with Crippen LogP contribution in [-0.2, 0) is 9.59 Å². The fourth-order valence-electron chi connectivity index (χ4n) is 0.239. The first-order valence-electron chi connectivity index (χ1n) is 2.26. The van der Waals surface area contributed by atoms with Gasteiger partial charge in [0.1, 0.15) is 0 Å². The smallest absolute Gasteiger partial charge is 0.211 e. The van der Waals surface area contributed by atoms with Crippen LogP contribution in [-0.4, -0.2) is 12.2 Å². The third-order valence-electron chi connectivity index (χ3n) is 0.694. The Bertz CT molecular complexity index is 227. The Morgan fingerprint density at radius 3 is 1.50 bits per heavy atom. The van der Waals surface area contributed by atoms with Crippen LogP contribution in [0.2, 0.25) is 0 Å². The van der Waals surface area contributed by atoms with Gasteiger partial charge in [-0.05, 0) is 0 Å². The van der Waals surface area contributed by atoms with Crippen molar-refractivity contribution in [2.24, 2.45) is 9.98 Å². The summed E-state index contributed by atoms with van der Waals surface area (Å²) in [6, 6.07) is 0. The molecule has 0 aliphatic rings. The van der Waals surface area contributed by atoms with E-state index in [1.54, 1.807) is 0 Å². The number of aliphatic imine (C=N–C) groups is 2. The number of nitrogens with zero attached hydrogens (tertiary/aromatic N) is 2. The van der Waals surface area contributed by atoms with Crippen molar-refractivity contribution in [2.45, 2.75) is 0 Å². The maximum absolute atomic E-state index is 9.59. The molecular formula is C6H4N2O2. The van der Waals surface area contributed by atoms with E-state index in [-0.39, 0.29) is 11.4 Å². The van der Waals surface area contributed by atoms with Crippen molar-refractivity contribution >= 4 is 12.2 Å². The molecule has 0 aliphatic carbocycles. The molecule has 0 aromatic heterocycles. The Morgan fingerprint density at radius 2 is 1.30 bits per heavy atom. The van der Waals surface area contributed by atoms with Gasteiger partial charge in [0.05, 0.1) is 11.4 Å². The summed E-state index contributed by atoms with van der Waals surface area (Å²) in [4.78, 5) is 25.3. The van der Waals surface area contributed by atoms with Crippen LogP contribution in [0.3, 0.4) is 0 Å². The summed E-state index contributed by atoms with van der Waals surface area (Å²) >= 11 is 0. The maximum atomic E-state index is 9.59. The third kappa shape index (κ3) is 2.52. The van der Waals surface area contributed by atoms with Gasteiger partial charge in [0.15, 0.2) is 0 Å². The predicted octanol–water partition coefficient (Wildman–Crippen LogP) is 0.685. The zero-order valence-corrected chi connectivity index (χ0v) is 5.13. The molecule has 0 amide bonds. The van der Waals surface area contributed by atoms with Crippen molar-refractivity contribution in [2.75, 3.05) is 0 Å². The molecule has 0 unspecified atom stereocenters. The average Bonchev–Trinajstić information content (AvgIpc) is 1.89. The SMILES string of the molecule is C=C(N=C=O)C(=C)N=C=O. The summed E-state index contributed by atoms with van der Waals surface area (Å²) in [5, 5.41) is 0. The van der Waals surface area contributed by atoms with Gasteiger partial charge < -0.3 is 0 Å². The first kappa shape index (κ1) is 8.24. The van der Waals surface area contributed by atoms with Gasteiger partial charge in [-0.15, -0.1) is 0 Å². The zero-order valence-electron chi connectivity index (χ0n) is 5.13. The molecule has 0 aliphatic heterocycles. The largest absolute Gasteiger partial charge is 0.240 e. The number of hydrogen-bond donors (Lipinski definition) is 0. The standard InChI is InChI=1S/C6H4N2O2/c1-5(7-3-9)6(2)8-4-10/h1-2H2. The normalized spacial score (nSPS) is 6.80. The van der Waals surface area contributed by atoms with Gasteiger partial charge in [-0.2, -0.15) is 9.98 Å². The van der Waals surface area contributed by atoms with Crippen molar-refractivity contribution in [3.05, 3.63) is 24.6 Å². The first-order chi connectivity index (χ1) is 4.72. The minimum Gasteiger partial charge on any atom is -0.211 e. The summed E-state index contributed by atoms with van der Waals surface area (Å²) in [5.74, 6) is 0. The predicted molar refractivity (Wildman–Crippen MR) is 34.5 cm³/mol. The highest BCUT2D eigenvalue weighted by Gasteiger charge is 1.92. The van der Waals surface area contributed by atoms with Gasteiger partial charge >= 0.3 is 0 Å². The molecule has 0 saturated carbocycles. The zero-order chi connectivity index (χ0) is 7.98. The minimum atomic E-state index is 0.0124. The Hall–Kier alpha value is -1.76. The molecule has 0 aromatic rings. The Kier molecular flexibility index (Phi) is 3.42. The highest BCUT2D eigenvalue weighted by atomic mass is 16.1. The molecule has 0 saturated heterocycles. The second-order valence-electron chi connectivity index (χ2n) is 1.30. The lowest BCUT2D eigenvalue weighted by Crippen LogP contribution is -1.76. The second kappa shape index (κ2) is 4.15. The molecule has 4 nitrogen and oxygen atoms in total. The molecule has 0 rings (SSSR count). The molecule has 0 atom stereocenters. The van der Waals surface area contributed by atoms with E-state index in [2.05, 4.69) is 23.1 Å². The van der Waals surface area contributed by atoms with Crippen LogP contribution in [0.4, 0.5) is 0 Å². The van der Waals surface area contributed by atoms with Crippen LogP contribution < -0.4 is 0 Å². The van der Waals surface area contributed by atoms with Gasteiger partial charge in [0, 0.05) is 0 Å². The Balaban J connectivity index is 4.37. The lowest BCUT2D eigenvalue weighted by molar-refractivity contribution is 0.563. The highest BCUT2D eigenvalue weighted by molar-refractivity contribution is 5.45. The van der Waals surface area contributed by atoms with Crippen molar-refractivity contribution < 1.29 is 9.59 Å². The van der Waals surface area contributed by atoms with E-state index in [4.69, 9.17) is 0 Å². The van der Waals surface area contributed by atoms with E-state index in [1.165, 1.54) is 12.2 Å². The van der Waals surface area contributed by atoms with Crippen LogP contribution in [0, 0.1) is 0 Å². The number of rotatable bonds is 3. The van der Waals surface area contributed by atoms with E-state index in [1.807, 2.05) is 0 Å². The number of carbonyl (C=O) groups excluding carboxylic acids is 2. The fraction of sp³-hybridized carbons (Fsp3) is 0. The molecule has 0 N–H and O–H groups in total. The molecule has 4 heteroatoms. The van der Waals surface area contributed by atoms with E-state index >= 15 is 0 Å². The summed E-state index contributed by atoms with van der Waals surface area (Å²) in [6.07, 6.45) is 2.46. The van der Waals surface area contributed by atoms with Crippen molar-refractivity contribution in [3.8, 4) is 0 Å². The molecule has 0 spiro atoms. The van der Waals surface area contributed by atoms with Gasteiger partial charge in [-0.25, -0.2) is 9.59 Å². The van der Waals surface area contributed by atoms with Crippen molar-refractivity contribution in [3.63, 3.8) is 0 Å². The van der Waals surface area contributed by atoms with E-state index in [0.29, 0.717) is 0 Å². The van der Waals surface area contributed by atoms with Crippen LogP contribution in [0.25, 0.3) is 0 Å². The van der Waals surface area contributed by atoms with Crippen LogP contribution in [0.15, 0.2) is 34.5 Å². The first-order valence-corrected chi connectivity index (χ1v) is 2.26. The summed E-state index contributed by atoms with van der Waals surface area (Å²) < 4.78 is 0. The summed E-state index contributed by atoms with van der Waals surface area (Å²) in [6.45, 7) is 6.52. The molecule has 0 bridgehead atoms. The number of hydrogen-bond acceptors (Lipinski definition) is 4. The van der Waals surface area contributed by atoms with Crippen LogP contribution >= 0.6 is 0 Å². The van der Waals surface area contributed by atoms with Gasteiger partial charge in [0.2, 0.25) is 12.2 Å². The average molecular weight is 136 g/mol. The van der Waals surface area contributed by atoms with Gasteiger partial charge in [-0.1, -0.05) is 13.2 Å². The molecular weight excluding hydrogens is 132 g/mol. The Morgan fingerprint density at radius 1 is 1.00 bits per heavy atom. The van der Waals surface area contributed by atoms with Crippen LogP contribution in [0.5, 0.6) is 0 Å². The maximum Gasteiger partial charge on any atom is 0.240 e. The molecule has 0 fully saturated rings. The monoisotopic (exact) mass is 136 g/mol. The molecule has 0 aromatic carbocycles. The van der Waals surface area contributed by atoms with Gasteiger partial charge in [0.25, 0.3) is 0 Å². The molecule has 0 heterocycles. The third-order valence-corrected chi connectivity index (χ3v) is 0.694. The van der Waals surface area contributed by atoms with Crippen LogP contribution in [0.1, 0.15) is 0 Å². The molecule has 10 heavy (non-hydrogen) atoms. The van der Waals surface area contributed by atoms with E-state index in [0.717, 1.165) is 0 Å². The molecule has 50 valence electrons. The van der Waals surface area contributed by atoms with Crippen molar-refractivity contribution in [1.82, 2.24) is 0 Å². The lowest BCUT2D eigenvalue weighted by atomic mass is 10.4. The van der Waals surface area contributed by atoms with E-state index < -0.39 is 0 Å². The Labute approximate surface area is 57.3 Å². The van der Waals surface area contributed by atoms with E-state index in [9.17, 15) is 9.59 Å². The fourth-order valence-corrected chi connectivity index (χ4v) is 0.239. The van der Waals surface area contributed by atoms with Gasteiger partial charge in [-0.3, -0.25) is 0 Å². The highest BCUT2D eigenvalue weighted by Crippen LogP contribution is 2.04. The number of isocyanates is 2. The van der Waals surface area contributed by atoms with Crippen molar-refractivity contribution in [1.29, 1.82) is 0 Å². The quantitative estimate of drug-likeness (QED) is 0.325. The summed E-state index contributed by atoms with van der Waals surface area (Å²) in [5.41, 5.74) is 0.0247. The minimum absolute atomic E-state index is 0.0124.